The van der Waals surface area contributed by atoms with E-state index in [2.05, 4.69) is 45.6 Å². The lowest BCUT2D eigenvalue weighted by molar-refractivity contribution is -0.131. The summed E-state index contributed by atoms with van der Waals surface area (Å²) in [5.41, 5.74) is 5.63. The van der Waals surface area contributed by atoms with E-state index in [-0.39, 0.29) is 17.8 Å². The molecule has 2 aromatic carbocycles. The average Bonchev–Trinajstić information content (AvgIpc) is 2.62. The van der Waals surface area contributed by atoms with Gasteiger partial charge in [-0.3, -0.25) is 0 Å². The molecule has 0 atom stereocenters. The van der Waals surface area contributed by atoms with Crippen LogP contribution in [-0.4, -0.2) is 24.2 Å². The molecule has 0 radical (unpaired) electrons. The molecule has 0 aliphatic heterocycles. The van der Waals surface area contributed by atoms with Crippen LogP contribution in [0.3, 0.4) is 0 Å². The molecule has 0 spiro atoms. The van der Waals surface area contributed by atoms with Crippen LogP contribution in [0.2, 0.25) is 5.02 Å². The molecule has 0 bridgehead atoms. The second-order valence-corrected chi connectivity index (χ2v) is 8.55. The van der Waals surface area contributed by atoms with Gasteiger partial charge in [0.2, 0.25) is 0 Å². The third-order valence-corrected chi connectivity index (χ3v) is 4.92. The normalized spacial score (nSPS) is 11.4. The van der Waals surface area contributed by atoms with Crippen LogP contribution < -0.4 is 4.90 Å². The summed E-state index contributed by atoms with van der Waals surface area (Å²) < 4.78 is 0. The Morgan fingerprint density at radius 2 is 1.66 bits per heavy atom. The van der Waals surface area contributed by atoms with Gasteiger partial charge in [-0.2, -0.15) is 0 Å². The van der Waals surface area contributed by atoms with E-state index in [9.17, 15) is 4.79 Å². The molecular formula is C24H31Cl2NO2. The van der Waals surface area contributed by atoms with Crippen molar-refractivity contribution in [1.82, 2.24) is 0 Å². The Labute approximate surface area is 185 Å². The van der Waals surface area contributed by atoms with Crippen molar-refractivity contribution in [3.8, 4) is 11.1 Å². The molecule has 0 heterocycles. The van der Waals surface area contributed by atoms with Crippen LogP contribution in [0.25, 0.3) is 17.2 Å². The van der Waals surface area contributed by atoms with Crippen LogP contribution in [0.5, 0.6) is 0 Å². The minimum Gasteiger partial charge on any atom is -0.478 e. The van der Waals surface area contributed by atoms with Crippen LogP contribution in [0.4, 0.5) is 5.69 Å². The number of carboxylic acids is 1. The van der Waals surface area contributed by atoms with Gasteiger partial charge in [-0.05, 0) is 60.6 Å². The maximum Gasteiger partial charge on any atom is 0.328 e. The van der Waals surface area contributed by atoms with E-state index in [1.807, 2.05) is 30.3 Å². The average molecular weight is 436 g/mol. The first-order valence-corrected chi connectivity index (χ1v) is 10.1. The molecule has 0 aromatic heterocycles. The Bertz CT molecular complexity index is 848. The number of anilines is 1. The fourth-order valence-corrected chi connectivity index (χ4v) is 3.57. The van der Waals surface area contributed by atoms with E-state index in [4.69, 9.17) is 16.7 Å². The number of nitrogens with zero attached hydrogens (tertiary/aromatic N) is 1. The predicted molar refractivity (Wildman–Crippen MR) is 128 cm³/mol. The second kappa shape index (κ2) is 10.7. The third-order valence-electron chi connectivity index (χ3n) is 4.67. The van der Waals surface area contributed by atoms with Gasteiger partial charge in [0.05, 0.1) is 0 Å². The minimum absolute atomic E-state index is 0. The van der Waals surface area contributed by atoms with Crippen LogP contribution in [-0.2, 0) is 11.2 Å². The zero-order chi connectivity index (χ0) is 20.9. The molecular weight excluding hydrogens is 405 g/mol. The Morgan fingerprint density at radius 1 is 1.07 bits per heavy atom. The summed E-state index contributed by atoms with van der Waals surface area (Å²) in [6.07, 6.45) is 3.77. The summed E-state index contributed by atoms with van der Waals surface area (Å²) in [4.78, 5) is 13.5. The Kier molecular flexibility index (Phi) is 9.25. The number of rotatable bonds is 7. The van der Waals surface area contributed by atoms with Crippen LogP contribution in [0, 0.1) is 5.41 Å². The van der Waals surface area contributed by atoms with E-state index in [1.165, 1.54) is 17.3 Å². The Balaban J connectivity index is 0.00000420. The zero-order valence-corrected chi connectivity index (χ0v) is 19.4. The maximum absolute atomic E-state index is 11.1. The molecule has 0 amide bonds. The third kappa shape index (κ3) is 6.80. The van der Waals surface area contributed by atoms with Gasteiger partial charge in [0.15, 0.2) is 0 Å². The predicted octanol–water partition coefficient (Wildman–Crippen LogP) is 6.96. The van der Waals surface area contributed by atoms with Gasteiger partial charge < -0.3 is 10.0 Å². The number of carboxylic acid groups (broad SMARTS) is 1. The summed E-state index contributed by atoms with van der Waals surface area (Å²) in [6.45, 7) is 12.7. The molecule has 158 valence electrons. The largest absolute Gasteiger partial charge is 0.478 e. The van der Waals surface area contributed by atoms with Crippen molar-refractivity contribution in [3.05, 3.63) is 58.6 Å². The molecule has 0 unspecified atom stereocenters. The lowest BCUT2D eigenvalue weighted by Gasteiger charge is -2.31. The van der Waals surface area contributed by atoms with E-state index in [0.717, 1.165) is 36.2 Å². The lowest BCUT2D eigenvalue weighted by Crippen LogP contribution is -2.25. The highest BCUT2D eigenvalue weighted by Crippen LogP contribution is 2.40. The summed E-state index contributed by atoms with van der Waals surface area (Å²) in [6, 6.07) is 12.0. The molecule has 0 aliphatic rings. The van der Waals surface area contributed by atoms with Gasteiger partial charge in [-0.1, -0.05) is 56.6 Å². The lowest BCUT2D eigenvalue weighted by atomic mass is 9.83. The molecule has 0 fully saturated rings. The van der Waals surface area contributed by atoms with Gasteiger partial charge >= 0.3 is 5.97 Å². The Hall–Kier alpha value is -1.97. The van der Waals surface area contributed by atoms with E-state index in [1.54, 1.807) is 6.08 Å². The number of carbonyl (C=O) groups is 1. The SMILES string of the molecule is CCN(CC)c1c(-c2ccc(Cl)cc2)ccc(C=CC(=O)O)c1CC(C)(C)C.Cl. The first-order valence-electron chi connectivity index (χ1n) is 9.74. The molecule has 1 N–H and O–H groups in total. The number of hydrogen-bond donors (Lipinski definition) is 1. The van der Waals surface area contributed by atoms with Gasteiger partial charge in [-0.25, -0.2) is 4.79 Å². The fraction of sp³-hybridized carbons (Fsp3) is 0.375. The molecule has 2 aromatic rings. The van der Waals surface area contributed by atoms with Crippen molar-refractivity contribution >= 4 is 41.7 Å². The van der Waals surface area contributed by atoms with Gasteiger partial charge in [-0.15, -0.1) is 12.4 Å². The highest BCUT2D eigenvalue weighted by Gasteiger charge is 2.22. The van der Waals surface area contributed by atoms with Gasteiger partial charge in [0, 0.05) is 35.4 Å². The highest BCUT2D eigenvalue weighted by atomic mass is 35.5. The smallest absolute Gasteiger partial charge is 0.328 e. The first-order chi connectivity index (χ1) is 13.2. The van der Waals surface area contributed by atoms with Crippen molar-refractivity contribution < 1.29 is 9.90 Å². The van der Waals surface area contributed by atoms with Crippen molar-refractivity contribution in [3.63, 3.8) is 0 Å². The number of benzene rings is 2. The summed E-state index contributed by atoms with van der Waals surface area (Å²) in [5.74, 6) is -0.937. The Morgan fingerprint density at radius 3 is 2.14 bits per heavy atom. The van der Waals surface area contributed by atoms with Crippen molar-refractivity contribution in [2.45, 2.75) is 41.0 Å². The molecule has 3 nitrogen and oxygen atoms in total. The van der Waals surface area contributed by atoms with Gasteiger partial charge in [0.1, 0.15) is 0 Å². The fourth-order valence-electron chi connectivity index (χ4n) is 3.45. The van der Waals surface area contributed by atoms with E-state index in [0.29, 0.717) is 5.02 Å². The molecule has 2 rings (SSSR count). The summed E-state index contributed by atoms with van der Waals surface area (Å²) in [5, 5.41) is 9.83. The topological polar surface area (TPSA) is 40.5 Å². The van der Waals surface area contributed by atoms with Gasteiger partial charge in [0.25, 0.3) is 0 Å². The van der Waals surface area contributed by atoms with Crippen molar-refractivity contribution in [1.29, 1.82) is 0 Å². The highest BCUT2D eigenvalue weighted by molar-refractivity contribution is 6.30. The molecule has 0 saturated heterocycles. The summed E-state index contributed by atoms with van der Waals surface area (Å²) in [7, 11) is 0. The van der Waals surface area contributed by atoms with Crippen LogP contribution in [0.15, 0.2) is 42.5 Å². The quantitative estimate of drug-likeness (QED) is 0.477. The standard InChI is InChI=1S/C24H30ClNO2.ClH/c1-6-26(7-2)23-20(17-8-12-19(25)13-9-17)14-10-18(11-15-22(27)28)21(23)16-24(3,4)5;/h8-15H,6-7,16H2,1-5H3,(H,27,28);1H. The molecule has 5 heteroatoms. The molecule has 29 heavy (non-hydrogen) atoms. The van der Waals surface area contributed by atoms with E-state index < -0.39 is 5.97 Å². The number of aliphatic carboxylic acids is 1. The second-order valence-electron chi connectivity index (χ2n) is 8.12. The molecule has 0 saturated carbocycles. The first kappa shape index (κ1) is 25.1. The van der Waals surface area contributed by atoms with Crippen LogP contribution in [0.1, 0.15) is 45.7 Å². The van der Waals surface area contributed by atoms with Crippen molar-refractivity contribution in [2.75, 3.05) is 18.0 Å². The van der Waals surface area contributed by atoms with Crippen LogP contribution >= 0.6 is 24.0 Å². The maximum atomic E-state index is 11.1. The summed E-state index contributed by atoms with van der Waals surface area (Å²) >= 11 is 6.10. The zero-order valence-electron chi connectivity index (χ0n) is 17.8. The number of hydrogen-bond acceptors (Lipinski definition) is 2. The molecule has 0 aliphatic carbocycles. The van der Waals surface area contributed by atoms with Crippen molar-refractivity contribution in [2.24, 2.45) is 5.41 Å². The number of halogens is 2. The monoisotopic (exact) mass is 435 g/mol. The minimum atomic E-state index is -0.937. The van der Waals surface area contributed by atoms with E-state index >= 15 is 0 Å².